The molecule has 16 heavy (non-hydrogen) atoms. The number of nitrogens with two attached hydrogens (primary N) is 2. The fourth-order valence-corrected chi connectivity index (χ4v) is 1.30. The third-order valence-electron chi connectivity index (χ3n) is 2.38. The molecule has 0 spiro atoms. The summed E-state index contributed by atoms with van der Waals surface area (Å²) in [5.41, 5.74) is 11.7. The predicted molar refractivity (Wildman–Crippen MR) is 61.8 cm³/mol. The van der Waals surface area contributed by atoms with Crippen molar-refractivity contribution in [1.29, 1.82) is 0 Å². The lowest BCUT2D eigenvalue weighted by molar-refractivity contribution is 0.1000. The van der Waals surface area contributed by atoms with Crippen LogP contribution in [-0.4, -0.2) is 18.5 Å². The van der Waals surface area contributed by atoms with Gasteiger partial charge in [-0.25, -0.2) is 4.39 Å². The lowest BCUT2D eigenvalue weighted by Crippen LogP contribution is -2.26. The second-order valence-corrected chi connectivity index (χ2v) is 3.78. The first-order valence-electron chi connectivity index (χ1n) is 5.02. The van der Waals surface area contributed by atoms with Gasteiger partial charge in [0.1, 0.15) is 5.82 Å². The van der Waals surface area contributed by atoms with Crippen LogP contribution in [0, 0.1) is 12.7 Å². The molecule has 0 saturated heterocycles. The Morgan fingerprint density at radius 2 is 2.19 bits per heavy atom. The third kappa shape index (κ3) is 2.70. The van der Waals surface area contributed by atoms with Crippen molar-refractivity contribution in [3.05, 3.63) is 29.1 Å². The van der Waals surface area contributed by atoms with Crippen molar-refractivity contribution in [3.8, 4) is 0 Å². The summed E-state index contributed by atoms with van der Waals surface area (Å²) >= 11 is 0. The maximum atomic E-state index is 13.5. The summed E-state index contributed by atoms with van der Waals surface area (Å²) in [7, 11) is 0. The summed E-state index contributed by atoms with van der Waals surface area (Å²) in [5.74, 6) is -1.11. The van der Waals surface area contributed by atoms with E-state index in [-0.39, 0.29) is 11.6 Å². The smallest absolute Gasteiger partial charge is 0.248 e. The molecule has 0 aliphatic rings. The monoisotopic (exact) mass is 225 g/mol. The van der Waals surface area contributed by atoms with Crippen LogP contribution in [0.4, 0.5) is 10.1 Å². The number of benzene rings is 1. The van der Waals surface area contributed by atoms with Crippen LogP contribution < -0.4 is 16.8 Å². The van der Waals surface area contributed by atoms with Crippen molar-refractivity contribution < 1.29 is 9.18 Å². The third-order valence-corrected chi connectivity index (χ3v) is 2.38. The number of amides is 1. The summed E-state index contributed by atoms with van der Waals surface area (Å²) < 4.78 is 13.5. The second kappa shape index (κ2) is 4.94. The Bertz CT molecular complexity index is 406. The van der Waals surface area contributed by atoms with E-state index in [4.69, 9.17) is 11.5 Å². The highest BCUT2D eigenvalue weighted by Crippen LogP contribution is 2.21. The standard InChI is InChI=1S/C11H16FN3O/c1-6(5-13)15-10-4-8(11(14)16)3-9(12)7(10)2/h3-4,6,15H,5,13H2,1-2H3,(H2,14,16). The number of anilines is 1. The minimum atomic E-state index is -0.651. The summed E-state index contributed by atoms with van der Waals surface area (Å²) in [6.07, 6.45) is 0. The number of primary amides is 1. The molecular weight excluding hydrogens is 209 g/mol. The molecule has 1 rings (SSSR count). The molecule has 88 valence electrons. The zero-order valence-corrected chi connectivity index (χ0v) is 9.38. The first kappa shape index (κ1) is 12.4. The van der Waals surface area contributed by atoms with Gasteiger partial charge in [0, 0.05) is 29.4 Å². The quantitative estimate of drug-likeness (QED) is 0.714. The number of nitrogens with one attached hydrogen (secondary N) is 1. The van der Waals surface area contributed by atoms with E-state index in [1.807, 2.05) is 6.92 Å². The average molecular weight is 225 g/mol. The molecule has 1 aromatic rings. The minimum Gasteiger partial charge on any atom is -0.381 e. The number of halogens is 1. The molecule has 1 atom stereocenters. The predicted octanol–water partition coefficient (Wildman–Crippen LogP) is 0.992. The minimum absolute atomic E-state index is 0.00114. The van der Waals surface area contributed by atoms with Crippen molar-refractivity contribution in [1.82, 2.24) is 0 Å². The molecule has 0 bridgehead atoms. The van der Waals surface area contributed by atoms with Gasteiger partial charge in [-0.1, -0.05) is 0 Å². The van der Waals surface area contributed by atoms with Crippen LogP contribution in [0.2, 0.25) is 0 Å². The lowest BCUT2D eigenvalue weighted by atomic mass is 10.1. The Kier molecular flexibility index (Phi) is 3.84. The molecule has 1 amide bonds. The molecule has 0 aromatic heterocycles. The first-order chi connectivity index (χ1) is 7.45. The van der Waals surface area contributed by atoms with Crippen LogP contribution >= 0.6 is 0 Å². The van der Waals surface area contributed by atoms with Crippen LogP contribution in [-0.2, 0) is 0 Å². The Labute approximate surface area is 93.8 Å². The van der Waals surface area contributed by atoms with Crippen molar-refractivity contribution in [3.63, 3.8) is 0 Å². The molecule has 5 heteroatoms. The van der Waals surface area contributed by atoms with Gasteiger partial charge in [0.2, 0.25) is 5.91 Å². The number of hydrogen-bond donors (Lipinski definition) is 3. The van der Waals surface area contributed by atoms with Crippen molar-refractivity contribution in [2.24, 2.45) is 11.5 Å². The summed E-state index contributed by atoms with van der Waals surface area (Å²) in [6.45, 7) is 3.92. The van der Waals surface area contributed by atoms with Crippen molar-refractivity contribution in [2.45, 2.75) is 19.9 Å². The molecule has 0 aliphatic carbocycles. The van der Waals surface area contributed by atoms with Gasteiger partial charge in [-0.15, -0.1) is 0 Å². The molecule has 0 heterocycles. The molecule has 5 N–H and O–H groups in total. The molecular formula is C11H16FN3O. The van der Waals surface area contributed by atoms with Gasteiger partial charge >= 0.3 is 0 Å². The van der Waals surface area contributed by atoms with Gasteiger partial charge < -0.3 is 16.8 Å². The molecule has 0 radical (unpaired) electrons. The van der Waals surface area contributed by atoms with E-state index in [9.17, 15) is 9.18 Å². The number of rotatable bonds is 4. The highest BCUT2D eigenvalue weighted by molar-refractivity contribution is 5.94. The van der Waals surface area contributed by atoms with Crippen LogP contribution in [0.5, 0.6) is 0 Å². The highest BCUT2D eigenvalue weighted by Gasteiger charge is 2.11. The maximum Gasteiger partial charge on any atom is 0.248 e. The van der Waals surface area contributed by atoms with Gasteiger partial charge in [-0.3, -0.25) is 4.79 Å². The first-order valence-corrected chi connectivity index (χ1v) is 5.02. The Balaban J connectivity index is 3.11. The summed E-state index contributed by atoms with van der Waals surface area (Å²) in [5, 5.41) is 3.02. The van der Waals surface area contributed by atoms with Gasteiger partial charge in [-0.2, -0.15) is 0 Å². The SMILES string of the molecule is Cc1c(F)cc(C(N)=O)cc1NC(C)CN. The van der Waals surface area contributed by atoms with E-state index in [1.54, 1.807) is 6.92 Å². The van der Waals surface area contributed by atoms with Crippen LogP contribution in [0.15, 0.2) is 12.1 Å². The molecule has 1 aromatic carbocycles. The zero-order valence-electron chi connectivity index (χ0n) is 9.38. The van der Waals surface area contributed by atoms with Crippen molar-refractivity contribution in [2.75, 3.05) is 11.9 Å². The molecule has 0 aliphatic heterocycles. The van der Waals surface area contributed by atoms with Crippen LogP contribution in [0.1, 0.15) is 22.8 Å². The van der Waals surface area contributed by atoms with Gasteiger partial charge in [-0.05, 0) is 26.0 Å². The van der Waals surface area contributed by atoms with Crippen LogP contribution in [0.25, 0.3) is 0 Å². The Hall–Kier alpha value is -1.62. The van der Waals surface area contributed by atoms with Gasteiger partial charge in [0.15, 0.2) is 0 Å². The molecule has 1 unspecified atom stereocenters. The van der Waals surface area contributed by atoms with E-state index in [1.165, 1.54) is 6.07 Å². The van der Waals surface area contributed by atoms with E-state index >= 15 is 0 Å². The van der Waals surface area contributed by atoms with Crippen LogP contribution in [0.3, 0.4) is 0 Å². The van der Waals surface area contributed by atoms with Crippen molar-refractivity contribution >= 4 is 11.6 Å². The van der Waals surface area contributed by atoms with Gasteiger partial charge in [0.05, 0.1) is 0 Å². The molecule has 4 nitrogen and oxygen atoms in total. The van der Waals surface area contributed by atoms with Gasteiger partial charge in [0.25, 0.3) is 0 Å². The normalized spacial score (nSPS) is 12.2. The average Bonchev–Trinajstić information content (AvgIpc) is 2.23. The second-order valence-electron chi connectivity index (χ2n) is 3.78. The maximum absolute atomic E-state index is 13.5. The summed E-state index contributed by atoms with van der Waals surface area (Å²) in [6, 6.07) is 2.67. The van der Waals surface area contributed by atoms with E-state index < -0.39 is 11.7 Å². The number of carbonyl (C=O) groups excluding carboxylic acids is 1. The zero-order chi connectivity index (χ0) is 12.3. The number of carbonyl (C=O) groups is 1. The fourth-order valence-electron chi connectivity index (χ4n) is 1.30. The topological polar surface area (TPSA) is 81.1 Å². The highest BCUT2D eigenvalue weighted by atomic mass is 19.1. The summed E-state index contributed by atoms with van der Waals surface area (Å²) in [4.78, 5) is 11.0. The van der Waals surface area contributed by atoms with E-state index in [0.29, 0.717) is 17.8 Å². The Morgan fingerprint density at radius 3 is 2.69 bits per heavy atom. The largest absolute Gasteiger partial charge is 0.381 e. The fraction of sp³-hybridized carbons (Fsp3) is 0.364. The number of hydrogen-bond acceptors (Lipinski definition) is 3. The Morgan fingerprint density at radius 1 is 1.56 bits per heavy atom. The molecule has 0 saturated carbocycles. The van der Waals surface area contributed by atoms with E-state index in [2.05, 4.69) is 5.32 Å². The molecule has 0 fully saturated rings. The van der Waals surface area contributed by atoms with E-state index in [0.717, 1.165) is 6.07 Å². The lowest BCUT2D eigenvalue weighted by Gasteiger charge is -2.16.